The smallest absolute Gasteiger partial charge is 0.261 e. The number of hydrogen-bond acceptors (Lipinski definition) is 3. The lowest BCUT2D eigenvalue weighted by Crippen LogP contribution is -2.42. The number of carbonyl (C=O) groups is 1. The lowest BCUT2D eigenvalue weighted by Gasteiger charge is -2.22. The zero-order valence-corrected chi connectivity index (χ0v) is 14.2. The largest absolute Gasteiger partial charge is 0.480 e. The zero-order valence-electron chi connectivity index (χ0n) is 14.2. The van der Waals surface area contributed by atoms with Crippen molar-refractivity contribution >= 4 is 5.91 Å². The summed E-state index contributed by atoms with van der Waals surface area (Å²) in [5.41, 5.74) is 1.11. The molecule has 0 saturated carbocycles. The maximum absolute atomic E-state index is 12.5. The van der Waals surface area contributed by atoms with Crippen LogP contribution in [0.4, 0.5) is 0 Å². The van der Waals surface area contributed by atoms with Crippen molar-refractivity contribution in [2.75, 3.05) is 6.61 Å². The van der Waals surface area contributed by atoms with Crippen LogP contribution in [0, 0.1) is 5.92 Å². The fraction of sp³-hybridized carbons (Fsp3) is 0.526. The number of rotatable bonds is 7. The van der Waals surface area contributed by atoms with Crippen LogP contribution in [0.15, 0.2) is 36.4 Å². The van der Waals surface area contributed by atoms with Crippen LogP contribution < -0.4 is 10.1 Å². The van der Waals surface area contributed by atoms with Gasteiger partial charge in [0, 0.05) is 18.6 Å². The standard InChI is InChI=1S/C19H27NO3/c1-4-17(19(22)20-15-10-9-14(11-15)12-21)23-18-8-6-5-7-16(18)13(2)3/h5-10,13-15,17,21H,4,11-12H2,1-3H3,(H,20,22)/t14-,15+,17?/m0/s1. The van der Waals surface area contributed by atoms with E-state index in [1.807, 2.05) is 43.3 Å². The predicted molar refractivity (Wildman–Crippen MR) is 91.5 cm³/mol. The van der Waals surface area contributed by atoms with Crippen LogP contribution in [0.5, 0.6) is 5.75 Å². The molecule has 1 unspecified atom stereocenters. The molecule has 126 valence electrons. The Morgan fingerprint density at radius 2 is 2.09 bits per heavy atom. The van der Waals surface area contributed by atoms with Crippen LogP contribution >= 0.6 is 0 Å². The third-order valence-electron chi connectivity index (χ3n) is 4.21. The summed E-state index contributed by atoms with van der Waals surface area (Å²) >= 11 is 0. The van der Waals surface area contributed by atoms with Gasteiger partial charge in [-0.1, -0.05) is 51.1 Å². The number of carbonyl (C=O) groups excluding carboxylic acids is 1. The molecule has 1 amide bonds. The number of para-hydroxylation sites is 1. The quantitative estimate of drug-likeness (QED) is 0.760. The highest BCUT2D eigenvalue weighted by atomic mass is 16.5. The van der Waals surface area contributed by atoms with Crippen LogP contribution in [0.1, 0.15) is 45.1 Å². The lowest BCUT2D eigenvalue weighted by molar-refractivity contribution is -0.128. The lowest BCUT2D eigenvalue weighted by atomic mass is 10.0. The Morgan fingerprint density at radius 1 is 1.35 bits per heavy atom. The van der Waals surface area contributed by atoms with Gasteiger partial charge >= 0.3 is 0 Å². The molecule has 1 aliphatic carbocycles. The molecule has 4 nitrogen and oxygen atoms in total. The summed E-state index contributed by atoms with van der Waals surface area (Å²) in [6, 6.07) is 7.86. The molecular formula is C19H27NO3. The fourth-order valence-corrected chi connectivity index (χ4v) is 2.83. The topological polar surface area (TPSA) is 58.6 Å². The monoisotopic (exact) mass is 317 g/mol. The SMILES string of the molecule is CCC(Oc1ccccc1C(C)C)C(=O)N[C@@H]1C=C[C@H](CO)C1. The van der Waals surface area contributed by atoms with Gasteiger partial charge in [0.15, 0.2) is 6.10 Å². The molecule has 0 heterocycles. The van der Waals surface area contributed by atoms with Crippen molar-refractivity contribution in [2.45, 2.75) is 51.7 Å². The first-order chi connectivity index (χ1) is 11.0. The number of amides is 1. The fourth-order valence-electron chi connectivity index (χ4n) is 2.83. The Balaban J connectivity index is 2.00. The molecule has 1 aromatic carbocycles. The average Bonchev–Trinajstić information content (AvgIpc) is 3.00. The van der Waals surface area contributed by atoms with E-state index in [1.54, 1.807) is 0 Å². The summed E-state index contributed by atoms with van der Waals surface area (Å²) in [6.07, 6.45) is 4.77. The summed E-state index contributed by atoms with van der Waals surface area (Å²) in [5.74, 6) is 1.16. The van der Waals surface area contributed by atoms with Gasteiger partial charge in [0.2, 0.25) is 0 Å². The number of aliphatic hydroxyl groups excluding tert-OH is 1. The van der Waals surface area contributed by atoms with Crippen LogP contribution in [-0.2, 0) is 4.79 Å². The van der Waals surface area contributed by atoms with Gasteiger partial charge in [0.25, 0.3) is 5.91 Å². The number of benzene rings is 1. The third kappa shape index (κ3) is 4.58. The molecule has 4 heteroatoms. The molecule has 1 aromatic rings. The molecule has 0 fully saturated rings. The maximum Gasteiger partial charge on any atom is 0.261 e. The molecule has 23 heavy (non-hydrogen) atoms. The van der Waals surface area contributed by atoms with Crippen molar-refractivity contribution in [3.05, 3.63) is 42.0 Å². The molecule has 0 radical (unpaired) electrons. The third-order valence-corrected chi connectivity index (χ3v) is 4.21. The minimum atomic E-state index is -0.503. The van der Waals surface area contributed by atoms with E-state index in [1.165, 1.54) is 0 Å². The number of hydrogen-bond donors (Lipinski definition) is 2. The molecule has 2 rings (SSSR count). The van der Waals surface area contributed by atoms with Crippen molar-refractivity contribution in [3.8, 4) is 5.75 Å². The van der Waals surface area contributed by atoms with E-state index >= 15 is 0 Å². The Bertz CT molecular complexity index is 553. The molecule has 3 atom stereocenters. The molecule has 0 saturated heterocycles. The number of ether oxygens (including phenoxy) is 1. The van der Waals surface area contributed by atoms with E-state index in [2.05, 4.69) is 19.2 Å². The molecule has 2 N–H and O–H groups in total. The van der Waals surface area contributed by atoms with Crippen LogP contribution in [0.2, 0.25) is 0 Å². The Hall–Kier alpha value is -1.81. The van der Waals surface area contributed by atoms with Gasteiger partial charge in [-0.05, 0) is 30.4 Å². The number of nitrogens with one attached hydrogen (secondary N) is 1. The highest BCUT2D eigenvalue weighted by Crippen LogP contribution is 2.27. The van der Waals surface area contributed by atoms with Crippen molar-refractivity contribution in [2.24, 2.45) is 5.92 Å². The van der Waals surface area contributed by atoms with Crippen LogP contribution in [0.25, 0.3) is 0 Å². The molecule has 0 spiro atoms. The summed E-state index contributed by atoms with van der Waals surface area (Å²) in [7, 11) is 0. The Kier molecular flexibility index (Phi) is 6.22. The van der Waals surface area contributed by atoms with Gasteiger partial charge in [-0.2, -0.15) is 0 Å². The minimum absolute atomic E-state index is 0.0161. The number of aliphatic hydroxyl groups is 1. The van der Waals surface area contributed by atoms with Crippen molar-refractivity contribution in [3.63, 3.8) is 0 Å². The normalized spacial score (nSPS) is 21.4. The van der Waals surface area contributed by atoms with E-state index in [0.29, 0.717) is 12.3 Å². The van der Waals surface area contributed by atoms with E-state index in [9.17, 15) is 4.79 Å². The van der Waals surface area contributed by atoms with Crippen LogP contribution in [-0.4, -0.2) is 29.8 Å². The maximum atomic E-state index is 12.5. The predicted octanol–water partition coefficient (Wildman–Crippen LogP) is 3.02. The summed E-state index contributed by atoms with van der Waals surface area (Å²) in [4.78, 5) is 12.5. The van der Waals surface area contributed by atoms with Gasteiger partial charge in [-0.15, -0.1) is 0 Å². The summed E-state index contributed by atoms with van der Waals surface area (Å²) in [5, 5.41) is 12.2. The minimum Gasteiger partial charge on any atom is -0.480 e. The molecular weight excluding hydrogens is 290 g/mol. The molecule has 1 aliphatic rings. The zero-order chi connectivity index (χ0) is 16.8. The second-order valence-corrected chi connectivity index (χ2v) is 6.39. The first-order valence-corrected chi connectivity index (χ1v) is 8.40. The molecule has 0 aliphatic heterocycles. The summed E-state index contributed by atoms with van der Waals surface area (Å²) in [6.45, 7) is 6.30. The highest BCUT2D eigenvalue weighted by Gasteiger charge is 2.25. The summed E-state index contributed by atoms with van der Waals surface area (Å²) < 4.78 is 6.00. The van der Waals surface area contributed by atoms with Gasteiger partial charge in [0.1, 0.15) is 5.75 Å². The highest BCUT2D eigenvalue weighted by molar-refractivity contribution is 5.81. The van der Waals surface area contributed by atoms with Gasteiger partial charge in [0.05, 0.1) is 0 Å². The van der Waals surface area contributed by atoms with E-state index in [0.717, 1.165) is 17.7 Å². The first-order valence-electron chi connectivity index (χ1n) is 8.40. The van der Waals surface area contributed by atoms with E-state index < -0.39 is 6.10 Å². The van der Waals surface area contributed by atoms with Crippen molar-refractivity contribution in [1.29, 1.82) is 0 Å². The second kappa shape index (κ2) is 8.16. The van der Waals surface area contributed by atoms with Gasteiger partial charge in [-0.25, -0.2) is 0 Å². The first kappa shape index (κ1) is 17.5. The second-order valence-electron chi connectivity index (χ2n) is 6.39. The van der Waals surface area contributed by atoms with Crippen molar-refractivity contribution < 1.29 is 14.6 Å². The Morgan fingerprint density at radius 3 is 2.70 bits per heavy atom. The van der Waals surface area contributed by atoms with Gasteiger partial charge < -0.3 is 15.2 Å². The Labute approximate surface area is 138 Å². The molecule has 0 bridgehead atoms. The van der Waals surface area contributed by atoms with Crippen LogP contribution in [0.3, 0.4) is 0 Å². The van der Waals surface area contributed by atoms with Gasteiger partial charge in [-0.3, -0.25) is 4.79 Å². The van der Waals surface area contributed by atoms with E-state index in [-0.39, 0.29) is 24.5 Å². The van der Waals surface area contributed by atoms with Crippen molar-refractivity contribution in [1.82, 2.24) is 5.32 Å². The molecule has 0 aromatic heterocycles. The average molecular weight is 317 g/mol. The van der Waals surface area contributed by atoms with E-state index in [4.69, 9.17) is 9.84 Å².